The van der Waals surface area contributed by atoms with E-state index >= 15 is 0 Å². The minimum absolute atomic E-state index is 0.122. The van der Waals surface area contributed by atoms with Crippen LogP contribution in [0.5, 0.6) is 5.75 Å². The van der Waals surface area contributed by atoms with E-state index in [1.54, 1.807) is 36.4 Å². The van der Waals surface area contributed by atoms with Crippen LogP contribution in [0.15, 0.2) is 42.5 Å². The molecule has 6 nitrogen and oxygen atoms in total. The summed E-state index contributed by atoms with van der Waals surface area (Å²) in [4.78, 5) is 28.1. The fraction of sp³-hybridized carbons (Fsp3) is 0.316. The molecule has 1 aromatic carbocycles. The molecule has 132 valence electrons. The van der Waals surface area contributed by atoms with E-state index in [1.165, 1.54) is 0 Å². The summed E-state index contributed by atoms with van der Waals surface area (Å²) >= 11 is 0. The maximum Gasteiger partial charge on any atom is 0.251 e. The molecule has 25 heavy (non-hydrogen) atoms. The molecule has 2 amide bonds. The van der Waals surface area contributed by atoms with Gasteiger partial charge in [-0.25, -0.2) is 4.98 Å². The second-order valence-corrected chi connectivity index (χ2v) is 5.62. The summed E-state index contributed by atoms with van der Waals surface area (Å²) < 4.78 is 5.55. The molecular weight excluding hydrogens is 318 g/mol. The van der Waals surface area contributed by atoms with Crippen LogP contribution in [-0.2, 0) is 4.79 Å². The summed E-state index contributed by atoms with van der Waals surface area (Å²) in [5.41, 5.74) is 1.28. The zero-order valence-electron chi connectivity index (χ0n) is 14.5. The quantitative estimate of drug-likeness (QED) is 0.724. The van der Waals surface area contributed by atoms with Gasteiger partial charge in [-0.05, 0) is 49.7 Å². The molecule has 1 aromatic heterocycles. The van der Waals surface area contributed by atoms with Gasteiger partial charge >= 0.3 is 0 Å². The first-order chi connectivity index (χ1) is 12.1. The van der Waals surface area contributed by atoms with E-state index in [9.17, 15) is 9.59 Å². The number of carbonyl (C=O) groups excluding carboxylic acids is 2. The minimum atomic E-state index is -0.328. The third-order valence-electron chi connectivity index (χ3n) is 3.45. The van der Waals surface area contributed by atoms with Crippen molar-refractivity contribution in [3.63, 3.8) is 0 Å². The molecule has 2 N–H and O–H groups in total. The van der Waals surface area contributed by atoms with Crippen molar-refractivity contribution >= 4 is 17.6 Å². The molecule has 0 aliphatic rings. The van der Waals surface area contributed by atoms with Crippen molar-refractivity contribution in [2.24, 2.45) is 0 Å². The Morgan fingerprint density at radius 2 is 1.88 bits per heavy atom. The molecule has 0 aliphatic carbocycles. The highest BCUT2D eigenvalue weighted by atomic mass is 16.5. The topological polar surface area (TPSA) is 80.3 Å². The van der Waals surface area contributed by atoms with Crippen LogP contribution in [-0.4, -0.2) is 29.9 Å². The number of aromatic nitrogens is 1. The van der Waals surface area contributed by atoms with Crippen LogP contribution in [0.1, 0.15) is 35.8 Å². The third kappa shape index (κ3) is 6.25. The average molecular weight is 341 g/mol. The van der Waals surface area contributed by atoms with E-state index in [0.29, 0.717) is 18.0 Å². The number of nitrogens with one attached hydrogen (secondary N) is 2. The smallest absolute Gasteiger partial charge is 0.251 e. The van der Waals surface area contributed by atoms with Crippen LogP contribution in [0.25, 0.3) is 0 Å². The number of hydrogen-bond acceptors (Lipinski definition) is 4. The van der Waals surface area contributed by atoms with Gasteiger partial charge in [-0.1, -0.05) is 19.4 Å². The Bertz CT molecular complexity index is 714. The molecule has 2 aromatic rings. The molecule has 6 heteroatoms. The van der Waals surface area contributed by atoms with Crippen molar-refractivity contribution in [3.8, 4) is 5.75 Å². The highest BCUT2D eigenvalue weighted by Gasteiger charge is 2.09. The van der Waals surface area contributed by atoms with Crippen LogP contribution in [0.3, 0.4) is 0 Å². The van der Waals surface area contributed by atoms with Crippen molar-refractivity contribution in [3.05, 3.63) is 53.7 Å². The van der Waals surface area contributed by atoms with Gasteiger partial charge in [0, 0.05) is 11.3 Å². The number of rotatable bonds is 8. The van der Waals surface area contributed by atoms with E-state index in [2.05, 4.69) is 22.5 Å². The lowest BCUT2D eigenvalue weighted by molar-refractivity contribution is -0.115. The molecule has 2 rings (SSSR count). The van der Waals surface area contributed by atoms with Crippen LogP contribution >= 0.6 is 0 Å². The summed E-state index contributed by atoms with van der Waals surface area (Å²) in [5, 5.41) is 5.23. The van der Waals surface area contributed by atoms with E-state index in [4.69, 9.17) is 4.74 Å². The first-order valence-corrected chi connectivity index (χ1v) is 8.33. The summed E-state index contributed by atoms with van der Waals surface area (Å²) in [7, 11) is 0. The fourth-order valence-corrected chi connectivity index (χ4v) is 2.10. The summed E-state index contributed by atoms with van der Waals surface area (Å²) in [6.07, 6.45) is 2.06. The Kier molecular flexibility index (Phi) is 6.95. The standard InChI is InChI=1S/C19H23N3O3/c1-3-4-12-25-16-10-8-15(9-11-16)19(24)20-13-18(23)22-17-7-5-6-14(2)21-17/h5-11H,3-4,12-13H2,1-2H3,(H,20,24)(H,21,22,23). The van der Waals surface area contributed by atoms with Gasteiger partial charge in [0.15, 0.2) is 0 Å². The molecular formula is C19H23N3O3. The summed E-state index contributed by atoms with van der Waals surface area (Å²) in [5.74, 6) is 0.555. The zero-order chi connectivity index (χ0) is 18.1. The molecule has 0 unspecified atom stereocenters. The van der Waals surface area contributed by atoms with Crippen LogP contribution in [0.2, 0.25) is 0 Å². The van der Waals surface area contributed by atoms with Gasteiger partial charge in [0.2, 0.25) is 5.91 Å². The molecule has 0 fully saturated rings. The molecule has 1 heterocycles. The fourth-order valence-electron chi connectivity index (χ4n) is 2.10. The Morgan fingerprint density at radius 1 is 1.12 bits per heavy atom. The van der Waals surface area contributed by atoms with Crippen molar-refractivity contribution in [2.45, 2.75) is 26.7 Å². The van der Waals surface area contributed by atoms with Gasteiger partial charge in [0.05, 0.1) is 13.2 Å². The van der Waals surface area contributed by atoms with Crippen molar-refractivity contribution in [1.82, 2.24) is 10.3 Å². The summed E-state index contributed by atoms with van der Waals surface area (Å²) in [6.45, 7) is 4.48. The lowest BCUT2D eigenvalue weighted by atomic mass is 10.2. The normalized spacial score (nSPS) is 10.2. The number of nitrogens with zero attached hydrogens (tertiary/aromatic N) is 1. The molecule has 0 aliphatic heterocycles. The van der Waals surface area contributed by atoms with Crippen molar-refractivity contribution < 1.29 is 14.3 Å². The minimum Gasteiger partial charge on any atom is -0.494 e. The highest BCUT2D eigenvalue weighted by molar-refractivity contribution is 5.99. The monoisotopic (exact) mass is 341 g/mol. The predicted octanol–water partition coefficient (Wildman–Crippen LogP) is 2.94. The lowest BCUT2D eigenvalue weighted by Crippen LogP contribution is -2.33. The predicted molar refractivity (Wildman–Crippen MR) is 96.8 cm³/mol. The van der Waals surface area contributed by atoms with Gasteiger partial charge in [0.1, 0.15) is 11.6 Å². The van der Waals surface area contributed by atoms with Crippen LogP contribution in [0.4, 0.5) is 5.82 Å². The largest absolute Gasteiger partial charge is 0.494 e. The maximum absolute atomic E-state index is 12.1. The molecule has 0 radical (unpaired) electrons. The molecule has 0 spiro atoms. The number of carbonyl (C=O) groups is 2. The van der Waals surface area contributed by atoms with Crippen LogP contribution < -0.4 is 15.4 Å². The molecule has 0 saturated heterocycles. The van der Waals surface area contributed by atoms with Gasteiger partial charge < -0.3 is 15.4 Å². The number of hydrogen-bond donors (Lipinski definition) is 2. The Hall–Kier alpha value is -2.89. The van der Waals surface area contributed by atoms with Crippen molar-refractivity contribution in [1.29, 1.82) is 0 Å². The summed E-state index contributed by atoms with van der Waals surface area (Å²) in [6, 6.07) is 12.2. The number of amides is 2. The van der Waals surface area contributed by atoms with Gasteiger partial charge in [-0.15, -0.1) is 0 Å². The number of ether oxygens (including phenoxy) is 1. The van der Waals surface area contributed by atoms with E-state index in [0.717, 1.165) is 24.3 Å². The number of pyridine rings is 1. The number of aryl methyl sites for hydroxylation is 1. The Morgan fingerprint density at radius 3 is 2.56 bits per heavy atom. The number of benzene rings is 1. The lowest BCUT2D eigenvalue weighted by Gasteiger charge is -2.08. The van der Waals surface area contributed by atoms with E-state index in [-0.39, 0.29) is 18.4 Å². The highest BCUT2D eigenvalue weighted by Crippen LogP contribution is 2.12. The third-order valence-corrected chi connectivity index (χ3v) is 3.45. The average Bonchev–Trinajstić information content (AvgIpc) is 2.60. The Labute approximate surface area is 147 Å². The van der Waals surface area contributed by atoms with Gasteiger partial charge in [-0.2, -0.15) is 0 Å². The molecule has 0 bridgehead atoms. The van der Waals surface area contributed by atoms with E-state index < -0.39 is 0 Å². The second-order valence-electron chi connectivity index (χ2n) is 5.62. The van der Waals surface area contributed by atoms with Crippen LogP contribution in [0, 0.1) is 6.92 Å². The zero-order valence-corrected chi connectivity index (χ0v) is 14.5. The maximum atomic E-state index is 12.1. The first-order valence-electron chi connectivity index (χ1n) is 8.33. The van der Waals surface area contributed by atoms with Gasteiger partial charge in [-0.3, -0.25) is 9.59 Å². The second kappa shape index (κ2) is 9.42. The Balaban J connectivity index is 1.80. The SMILES string of the molecule is CCCCOc1ccc(C(=O)NCC(=O)Nc2cccc(C)n2)cc1. The van der Waals surface area contributed by atoms with Gasteiger partial charge in [0.25, 0.3) is 5.91 Å². The number of anilines is 1. The first kappa shape index (κ1) is 18.4. The number of unbranched alkanes of at least 4 members (excludes halogenated alkanes) is 1. The molecule has 0 atom stereocenters. The van der Waals surface area contributed by atoms with E-state index in [1.807, 2.05) is 13.0 Å². The molecule has 0 saturated carbocycles. The van der Waals surface area contributed by atoms with Crippen molar-refractivity contribution in [2.75, 3.05) is 18.5 Å².